The Kier molecular flexibility index (Phi) is 2.13. The van der Waals surface area contributed by atoms with Crippen LogP contribution in [0.3, 0.4) is 0 Å². The van der Waals surface area contributed by atoms with Gasteiger partial charge in [0.05, 0.1) is 11.4 Å². The van der Waals surface area contributed by atoms with E-state index < -0.39 is 0 Å². The zero-order valence-electron chi connectivity index (χ0n) is 7.64. The Morgan fingerprint density at radius 2 is 1.92 bits per heavy atom. The number of hydrogen-bond acceptors (Lipinski definition) is 1. The van der Waals surface area contributed by atoms with Crippen LogP contribution in [0, 0.1) is 0 Å². The molecule has 2 nitrogen and oxygen atoms in total. The van der Waals surface area contributed by atoms with Crippen LogP contribution in [0.15, 0.2) is 42.6 Å². The van der Waals surface area contributed by atoms with Gasteiger partial charge in [0.1, 0.15) is 0 Å². The van der Waals surface area contributed by atoms with Gasteiger partial charge in [0.2, 0.25) is 0 Å². The van der Waals surface area contributed by atoms with Crippen LogP contribution in [0.25, 0.3) is 5.69 Å². The minimum atomic E-state index is 0.986. The van der Waals surface area contributed by atoms with Crippen molar-refractivity contribution in [2.75, 3.05) is 0 Å². The van der Waals surface area contributed by atoms with Crippen LogP contribution < -0.4 is 0 Å². The van der Waals surface area contributed by atoms with E-state index in [1.165, 1.54) is 0 Å². The molecule has 0 amide bonds. The first-order valence-electron chi connectivity index (χ1n) is 4.50. The topological polar surface area (TPSA) is 17.8 Å². The standard InChI is InChI=1S/C11H12N2/c1-2-10-8-9-13(12-10)11-6-4-3-5-7-11/h3-9H,2H2,1H3. The summed E-state index contributed by atoms with van der Waals surface area (Å²) in [6.45, 7) is 2.11. The highest BCUT2D eigenvalue weighted by Gasteiger charge is 1.97. The van der Waals surface area contributed by atoms with Gasteiger partial charge in [-0.05, 0) is 24.6 Å². The molecule has 1 aromatic carbocycles. The van der Waals surface area contributed by atoms with Crippen molar-refractivity contribution in [1.82, 2.24) is 9.78 Å². The first-order valence-corrected chi connectivity index (χ1v) is 4.50. The van der Waals surface area contributed by atoms with Crippen molar-refractivity contribution in [3.63, 3.8) is 0 Å². The summed E-state index contributed by atoms with van der Waals surface area (Å²) in [5.74, 6) is 0. The van der Waals surface area contributed by atoms with E-state index in [1.54, 1.807) is 0 Å². The monoisotopic (exact) mass is 172 g/mol. The van der Waals surface area contributed by atoms with Gasteiger partial charge in [0, 0.05) is 6.20 Å². The molecule has 0 fully saturated rings. The molecule has 0 bridgehead atoms. The van der Waals surface area contributed by atoms with Crippen LogP contribution in [-0.2, 0) is 6.42 Å². The van der Waals surface area contributed by atoms with Crippen molar-refractivity contribution >= 4 is 0 Å². The third kappa shape index (κ3) is 1.61. The van der Waals surface area contributed by atoms with Crippen molar-refractivity contribution in [2.45, 2.75) is 13.3 Å². The normalized spacial score (nSPS) is 10.2. The molecule has 1 aromatic heterocycles. The third-order valence-corrected chi connectivity index (χ3v) is 2.03. The van der Waals surface area contributed by atoms with E-state index >= 15 is 0 Å². The number of aromatic nitrogens is 2. The lowest BCUT2D eigenvalue weighted by Gasteiger charge is -1.98. The molecular formula is C11H12N2. The molecule has 2 rings (SSSR count). The number of benzene rings is 1. The van der Waals surface area contributed by atoms with Crippen molar-refractivity contribution < 1.29 is 0 Å². The number of hydrogen-bond donors (Lipinski definition) is 0. The molecule has 0 saturated heterocycles. The molecule has 0 N–H and O–H groups in total. The van der Waals surface area contributed by atoms with Crippen molar-refractivity contribution in [1.29, 1.82) is 0 Å². The fourth-order valence-electron chi connectivity index (χ4n) is 1.27. The van der Waals surface area contributed by atoms with E-state index in [0.29, 0.717) is 0 Å². The smallest absolute Gasteiger partial charge is 0.0645 e. The Hall–Kier alpha value is -1.57. The van der Waals surface area contributed by atoms with Gasteiger partial charge in [-0.2, -0.15) is 5.10 Å². The van der Waals surface area contributed by atoms with Crippen LogP contribution in [0.2, 0.25) is 0 Å². The van der Waals surface area contributed by atoms with Crippen molar-refractivity contribution in [3.8, 4) is 5.69 Å². The maximum absolute atomic E-state index is 4.42. The lowest BCUT2D eigenvalue weighted by Crippen LogP contribution is -1.94. The van der Waals surface area contributed by atoms with Crippen LogP contribution in [-0.4, -0.2) is 9.78 Å². The summed E-state index contributed by atoms with van der Waals surface area (Å²) in [4.78, 5) is 0. The van der Waals surface area contributed by atoms with Crippen LogP contribution in [0.1, 0.15) is 12.6 Å². The fourth-order valence-corrected chi connectivity index (χ4v) is 1.27. The highest BCUT2D eigenvalue weighted by Crippen LogP contribution is 2.06. The third-order valence-electron chi connectivity index (χ3n) is 2.03. The predicted octanol–water partition coefficient (Wildman–Crippen LogP) is 2.43. The van der Waals surface area contributed by atoms with E-state index in [2.05, 4.69) is 12.0 Å². The summed E-state index contributed by atoms with van der Waals surface area (Å²) in [5, 5.41) is 4.42. The molecule has 66 valence electrons. The first kappa shape index (κ1) is 8.05. The van der Waals surface area contributed by atoms with Crippen LogP contribution in [0.4, 0.5) is 0 Å². The largest absolute Gasteiger partial charge is 0.241 e. The number of aryl methyl sites for hydroxylation is 1. The molecule has 0 radical (unpaired) electrons. The number of para-hydroxylation sites is 1. The molecule has 0 saturated carbocycles. The Bertz CT molecular complexity index is 376. The van der Waals surface area contributed by atoms with E-state index in [4.69, 9.17) is 0 Å². The van der Waals surface area contributed by atoms with Gasteiger partial charge in [-0.1, -0.05) is 25.1 Å². The molecule has 0 aliphatic carbocycles. The Morgan fingerprint density at radius 1 is 1.15 bits per heavy atom. The average molecular weight is 172 g/mol. The van der Waals surface area contributed by atoms with Gasteiger partial charge < -0.3 is 0 Å². The molecule has 0 unspecified atom stereocenters. The zero-order valence-corrected chi connectivity index (χ0v) is 7.64. The second-order valence-electron chi connectivity index (χ2n) is 2.94. The molecule has 0 aliphatic heterocycles. The SMILES string of the molecule is CCc1ccn(-c2ccccc2)n1. The van der Waals surface area contributed by atoms with Gasteiger partial charge in [-0.25, -0.2) is 4.68 Å². The number of rotatable bonds is 2. The molecule has 2 heteroatoms. The van der Waals surface area contributed by atoms with E-state index in [1.807, 2.05) is 47.3 Å². The minimum Gasteiger partial charge on any atom is -0.241 e. The van der Waals surface area contributed by atoms with Gasteiger partial charge >= 0.3 is 0 Å². The van der Waals surface area contributed by atoms with E-state index in [0.717, 1.165) is 17.8 Å². The van der Waals surface area contributed by atoms with Gasteiger partial charge in [0.15, 0.2) is 0 Å². The van der Waals surface area contributed by atoms with E-state index in [-0.39, 0.29) is 0 Å². The molecule has 2 aromatic rings. The van der Waals surface area contributed by atoms with Gasteiger partial charge in [-0.3, -0.25) is 0 Å². The van der Waals surface area contributed by atoms with Crippen molar-refractivity contribution in [3.05, 3.63) is 48.3 Å². The maximum Gasteiger partial charge on any atom is 0.0645 e. The lowest BCUT2D eigenvalue weighted by atomic mass is 10.3. The summed E-state index contributed by atoms with van der Waals surface area (Å²) >= 11 is 0. The maximum atomic E-state index is 4.42. The van der Waals surface area contributed by atoms with Gasteiger partial charge in [0.25, 0.3) is 0 Å². The summed E-state index contributed by atoms with van der Waals surface area (Å²) < 4.78 is 1.90. The Morgan fingerprint density at radius 3 is 2.54 bits per heavy atom. The Balaban J connectivity index is 2.36. The number of nitrogens with zero attached hydrogens (tertiary/aromatic N) is 2. The molecule has 0 atom stereocenters. The van der Waals surface area contributed by atoms with Crippen LogP contribution in [0.5, 0.6) is 0 Å². The van der Waals surface area contributed by atoms with Crippen molar-refractivity contribution in [2.24, 2.45) is 0 Å². The fraction of sp³-hybridized carbons (Fsp3) is 0.182. The lowest BCUT2D eigenvalue weighted by molar-refractivity contribution is 0.841. The highest BCUT2D eigenvalue weighted by molar-refractivity contribution is 5.30. The highest BCUT2D eigenvalue weighted by atomic mass is 15.3. The van der Waals surface area contributed by atoms with E-state index in [9.17, 15) is 0 Å². The average Bonchev–Trinajstić information content (AvgIpc) is 2.67. The molecular weight excluding hydrogens is 160 g/mol. The minimum absolute atomic E-state index is 0.986. The second kappa shape index (κ2) is 3.44. The zero-order chi connectivity index (χ0) is 9.10. The summed E-state index contributed by atoms with van der Waals surface area (Å²) in [6, 6.07) is 12.2. The summed E-state index contributed by atoms with van der Waals surface area (Å²) in [5.41, 5.74) is 2.24. The second-order valence-corrected chi connectivity index (χ2v) is 2.94. The molecule has 0 aliphatic rings. The quantitative estimate of drug-likeness (QED) is 0.680. The van der Waals surface area contributed by atoms with Crippen LogP contribution >= 0.6 is 0 Å². The Labute approximate surface area is 77.8 Å². The molecule has 13 heavy (non-hydrogen) atoms. The predicted molar refractivity (Wildman–Crippen MR) is 52.9 cm³/mol. The summed E-state index contributed by atoms with van der Waals surface area (Å²) in [6.07, 6.45) is 2.98. The molecule has 0 spiro atoms. The molecule has 1 heterocycles. The first-order chi connectivity index (χ1) is 6.40. The van der Waals surface area contributed by atoms with Gasteiger partial charge in [-0.15, -0.1) is 0 Å². The summed E-state index contributed by atoms with van der Waals surface area (Å²) in [7, 11) is 0.